The zero-order valence-corrected chi connectivity index (χ0v) is 15.0. The number of nitrogens with zero attached hydrogens (tertiary/aromatic N) is 1. The van der Waals surface area contributed by atoms with Gasteiger partial charge in [0, 0.05) is 18.7 Å². The second kappa shape index (κ2) is 7.46. The monoisotopic (exact) mass is 445 g/mol. The van der Waals surface area contributed by atoms with Crippen LogP contribution in [0.15, 0.2) is 18.2 Å². The summed E-state index contributed by atoms with van der Waals surface area (Å²) in [6.07, 6.45) is 0. The van der Waals surface area contributed by atoms with E-state index in [2.05, 4.69) is 4.18 Å². The molecule has 0 spiro atoms. The molecule has 0 radical (unpaired) electrons. The molecule has 2 atom stereocenters. The number of halogens is 7. The van der Waals surface area contributed by atoms with Crippen molar-refractivity contribution in [3.8, 4) is 5.75 Å². The highest BCUT2D eigenvalue weighted by Crippen LogP contribution is 2.37. The first-order chi connectivity index (χ1) is 13.5. The third-order valence-electron chi connectivity index (χ3n) is 4.21. The molecular weight excluding hydrogens is 435 g/mol. The molecular formula is C16H10F7NO4S. The molecule has 0 aliphatic carbocycles. The summed E-state index contributed by atoms with van der Waals surface area (Å²) in [4.78, 5) is 4.99. The second-order valence-corrected chi connectivity index (χ2v) is 7.72. The highest BCUT2D eigenvalue weighted by Gasteiger charge is 2.46. The minimum Gasteiger partial charge on any atom is -0.376 e. The highest BCUT2D eigenvalue weighted by atomic mass is 32.2. The van der Waals surface area contributed by atoms with Crippen molar-refractivity contribution in [1.82, 2.24) is 5.06 Å². The van der Waals surface area contributed by atoms with Crippen molar-refractivity contribution in [2.75, 3.05) is 13.7 Å². The molecule has 0 saturated carbocycles. The number of hydrogen-bond donors (Lipinski definition) is 0. The van der Waals surface area contributed by atoms with Crippen molar-refractivity contribution in [2.45, 2.75) is 11.3 Å². The van der Waals surface area contributed by atoms with Gasteiger partial charge >= 0.3 is 10.1 Å². The lowest BCUT2D eigenvalue weighted by Crippen LogP contribution is -2.34. The summed E-state index contributed by atoms with van der Waals surface area (Å²) in [7, 11) is -3.93. The maximum Gasteiger partial charge on any atom is 0.316 e. The number of rotatable bonds is 4. The lowest BCUT2D eigenvalue weighted by molar-refractivity contribution is -0.111. The van der Waals surface area contributed by atoms with E-state index in [4.69, 9.17) is 4.84 Å². The molecule has 1 fully saturated rings. The molecule has 0 N–H and O–H groups in total. The van der Waals surface area contributed by atoms with Gasteiger partial charge in [-0.05, 0) is 6.07 Å². The fourth-order valence-corrected chi connectivity index (χ4v) is 4.17. The molecule has 1 aliphatic heterocycles. The predicted octanol–water partition coefficient (Wildman–Crippen LogP) is 3.36. The molecule has 2 unspecified atom stereocenters. The van der Waals surface area contributed by atoms with E-state index >= 15 is 0 Å². The first kappa shape index (κ1) is 21.3. The molecule has 2 aromatic rings. The molecule has 0 aromatic heterocycles. The Hall–Kier alpha value is -2.38. The van der Waals surface area contributed by atoms with Gasteiger partial charge in [0.05, 0.1) is 12.6 Å². The van der Waals surface area contributed by atoms with Crippen LogP contribution in [-0.4, -0.2) is 32.4 Å². The topological polar surface area (TPSA) is 55.8 Å². The molecule has 2 aromatic carbocycles. The number of benzene rings is 2. The van der Waals surface area contributed by atoms with Gasteiger partial charge in [0.2, 0.25) is 34.8 Å². The van der Waals surface area contributed by atoms with Crippen LogP contribution in [0.1, 0.15) is 11.6 Å². The maximum atomic E-state index is 14.1. The molecule has 5 nitrogen and oxygen atoms in total. The van der Waals surface area contributed by atoms with Crippen molar-refractivity contribution < 1.29 is 48.2 Å². The lowest BCUT2D eigenvalue weighted by atomic mass is 10.0. The Balaban J connectivity index is 2.03. The van der Waals surface area contributed by atoms with Crippen LogP contribution in [0.3, 0.4) is 0 Å². The van der Waals surface area contributed by atoms with Crippen molar-refractivity contribution >= 4 is 10.1 Å². The molecule has 158 valence electrons. The molecule has 1 heterocycles. The number of hydroxylamine groups is 2. The molecule has 13 heteroatoms. The van der Waals surface area contributed by atoms with Crippen LogP contribution in [0.2, 0.25) is 0 Å². The summed E-state index contributed by atoms with van der Waals surface area (Å²) in [5.41, 5.74) is -0.360. The van der Waals surface area contributed by atoms with Gasteiger partial charge in [-0.3, -0.25) is 4.84 Å². The van der Waals surface area contributed by atoms with Crippen LogP contribution in [0.4, 0.5) is 30.7 Å². The fraction of sp³-hybridized carbons (Fsp3) is 0.250. The zero-order chi connectivity index (χ0) is 21.7. The summed E-state index contributed by atoms with van der Waals surface area (Å²) >= 11 is 0. The largest absolute Gasteiger partial charge is 0.376 e. The minimum atomic E-state index is -5.12. The van der Waals surface area contributed by atoms with Gasteiger partial charge in [0.1, 0.15) is 16.9 Å². The van der Waals surface area contributed by atoms with Gasteiger partial charge in [0.25, 0.3) is 0 Å². The van der Waals surface area contributed by atoms with E-state index in [9.17, 15) is 39.2 Å². The smallest absolute Gasteiger partial charge is 0.316 e. The fourth-order valence-electron chi connectivity index (χ4n) is 2.81. The van der Waals surface area contributed by atoms with E-state index in [0.29, 0.717) is 6.07 Å². The van der Waals surface area contributed by atoms with Crippen LogP contribution >= 0.6 is 0 Å². The molecule has 29 heavy (non-hydrogen) atoms. The van der Waals surface area contributed by atoms with Crippen molar-refractivity contribution in [1.29, 1.82) is 0 Å². The number of hydrogen-bond acceptors (Lipinski definition) is 5. The van der Waals surface area contributed by atoms with E-state index in [0.717, 1.165) is 17.2 Å². The summed E-state index contributed by atoms with van der Waals surface area (Å²) in [5.74, 6) is -16.4. The zero-order valence-electron chi connectivity index (χ0n) is 14.2. The molecule has 1 saturated heterocycles. The Morgan fingerprint density at radius 3 is 2.07 bits per heavy atom. The van der Waals surface area contributed by atoms with Gasteiger partial charge in [-0.15, -0.1) is 0 Å². The quantitative estimate of drug-likeness (QED) is 0.313. The van der Waals surface area contributed by atoms with E-state index in [1.807, 2.05) is 0 Å². The molecule has 1 aliphatic rings. The van der Waals surface area contributed by atoms with Crippen LogP contribution in [-0.2, 0) is 15.0 Å². The van der Waals surface area contributed by atoms with E-state index in [1.165, 1.54) is 7.05 Å². The summed E-state index contributed by atoms with van der Waals surface area (Å²) in [6, 6.07) is 0.748. The maximum absolute atomic E-state index is 14.1. The SMILES string of the molecule is CN1OCC(S(=O)(=O)Oc2c(F)c(F)c(F)c(F)c2F)C1c1ccc(F)cc1F. The van der Waals surface area contributed by atoms with Gasteiger partial charge in [-0.2, -0.15) is 22.3 Å². The first-order valence-corrected chi connectivity index (χ1v) is 9.18. The Bertz CT molecular complexity index is 1050. The van der Waals surface area contributed by atoms with E-state index < -0.39 is 74.5 Å². The average Bonchev–Trinajstić information content (AvgIpc) is 3.04. The van der Waals surface area contributed by atoms with Gasteiger partial charge < -0.3 is 4.18 Å². The van der Waals surface area contributed by atoms with E-state index in [1.54, 1.807) is 0 Å². The van der Waals surface area contributed by atoms with Gasteiger partial charge in [-0.25, -0.2) is 22.0 Å². The van der Waals surface area contributed by atoms with Crippen LogP contribution in [0, 0.1) is 40.7 Å². The van der Waals surface area contributed by atoms with Crippen molar-refractivity contribution in [3.63, 3.8) is 0 Å². The van der Waals surface area contributed by atoms with Crippen LogP contribution in [0.5, 0.6) is 5.75 Å². The van der Waals surface area contributed by atoms with Gasteiger partial charge in [0.15, 0.2) is 0 Å². The summed E-state index contributed by atoms with van der Waals surface area (Å²) < 4.78 is 124. The van der Waals surface area contributed by atoms with Crippen molar-refractivity contribution in [2.24, 2.45) is 0 Å². The Labute approximate surface area is 159 Å². The Morgan fingerprint density at radius 2 is 1.52 bits per heavy atom. The highest BCUT2D eigenvalue weighted by molar-refractivity contribution is 7.87. The average molecular weight is 445 g/mol. The predicted molar refractivity (Wildman–Crippen MR) is 82.4 cm³/mol. The second-order valence-electron chi connectivity index (χ2n) is 5.97. The molecule has 3 rings (SSSR count). The molecule has 0 bridgehead atoms. The Kier molecular flexibility index (Phi) is 5.49. The summed E-state index contributed by atoms with van der Waals surface area (Å²) in [5, 5.41) is -0.970. The standard InChI is InChI=1S/C16H10F7NO4S/c1-24-15(7-3-2-6(17)4-8(7)18)9(5-27-24)29(25,26)28-16-13(22)11(20)10(19)12(21)14(16)23/h2-4,9,15H,5H2,1H3. The van der Waals surface area contributed by atoms with Gasteiger partial charge in [-0.1, -0.05) is 6.07 Å². The van der Waals surface area contributed by atoms with Crippen LogP contribution in [0.25, 0.3) is 0 Å². The first-order valence-electron chi connectivity index (χ1n) is 7.71. The minimum absolute atomic E-state index is 0.360. The molecule has 0 amide bonds. The third-order valence-corrected chi connectivity index (χ3v) is 5.74. The normalized spacial score (nSPS) is 20.3. The Morgan fingerprint density at radius 1 is 0.966 bits per heavy atom. The van der Waals surface area contributed by atoms with Crippen LogP contribution < -0.4 is 4.18 Å². The van der Waals surface area contributed by atoms with Crippen molar-refractivity contribution in [3.05, 3.63) is 64.5 Å². The lowest BCUT2D eigenvalue weighted by Gasteiger charge is -2.23. The van der Waals surface area contributed by atoms with E-state index in [-0.39, 0.29) is 5.56 Å². The third kappa shape index (κ3) is 3.65. The summed E-state index contributed by atoms with van der Waals surface area (Å²) in [6.45, 7) is -0.699.